The highest BCUT2D eigenvalue weighted by atomic mass is 16.4. The number of aromatic hydroxyl groups is 1. The fraction of sp³-hybridized carbons (Fsp3) is 0.350. The lowest BCUT2D eigenvalue weighted by molar-refractivity contribution is -0.143. The molecule has 1 aromatic heterocycles. The standard InChI is InChI=1S/C20H18O3/c1-2-19-9-20(10-19,11-19)12-3-5-15-16(7-12)14-6-4-13(21)8-17(14)23-18(15)22/h3-8,21H,2,9-11H2,1H3. The molecule has 1 heterocycles. The van der Waals surface area contributed by atoms with Crippen LogP contribution < -0.4 is 5.63 Å². The summed E-state index contributed by atoms with van der Waals surface area (Å²) in [5.41, 5.74) is 2.39. The summed E-state index contributed by atoms with van der Waals surface area (Å²) in [7, 11) is 0. The third kappa shape index (κ3) is 1.57. The van der Waals surface area contributed by atoms with E-state index in [1.165, 1.54) is 37.3 Å². The molecule has 0 saturated heterocycles. The topological polar surface area (TPSA) is 50.4 Å². The minimum atomic E-state index is -0.340. The van der Waals surface area contributed by atoms with Crippen molar-refractivity contribution in [3.8, 4) is 5.75 Å². The maximum absolute atomic E-state index is 12.2. The van der Waals surface area contributed by atoms with Gasteiger partial charge in [0, 0.05) is 16.8 Å². The summed E-state index contributed by atoms with van der Waals surface area (Å²) < 4.78 is 5.35. The van der Waals surface area contributed by atoms with Crippen LogP contribution in [-0.4, -0.2) is 5.11 Å². The van der Waals surface area contributed by atoms with Crippen molar-refractivity contribution in [2.75, 3.05) is 0 Å². The molecular weight excluding hydrogens is 288 g/mol. The number of phenolic OH excluding ortho intramolecular Hbond substituents is 1. The van der Waals surface area contributed by atoms with Crippen molar-refractivity contribution < 1.29 is 9.52 Å². The van der Waals surface area contributed by atoms with Gasteiger partial charge in [-0.15, -0.1) is 0 Å². The number of hydrogen-bond acceptors (Lipinski definition) is 3. The molecule has 0 unspecified atom stereocenters. The Balaban J connectivity index is 1.73. The summed E-state index contributed by atoms with van der Waals surface area (Å²) in [5.74, 6) is 0.112. The maximum Gasteiger partial charge on any atom is 0.344 e. The van der Waals surface area contributed by atoms with E-state index in [1.807, 2.05) is 12.1 Å². The average molecular weight is 306 g/mol. The van der Waals surface area contributed by atoms with Crippen LogP contribution in [0.2, 0.25) is 0 Å². The van der Waals surface area contributed by atoms with Gasteiger partial charge in [0.1, 0.15) is 11.3 Å². The zero-order chi connectivity index (χ0) is 15.8. The molecule has 3 aromatic rings. The minimum Gasteiger partial charge on any atom is -0.508 e. The summed E-state index contributed by atoms with van der Waals surface area (Å²) in [5, 5.41) is 12.1. The van der Waals surface area contributed by atoms with E-state index in [2.05, 4.69) is 19.1 Å². The molecule has 6 rings (SSSR count). The Kier molecular flexibility index (Phi) is 2.27. The molecule has 3 fully saturated rings. The average Bonchev–Trinajstić information content (AvgIpc) is 2.44. The van der Waals surface area contributed by atoms with E-state index < -0.39 is 0 Å². The highest BCUT2D eigenvalue weighted by Crippen LogP contribution is 2.75. The van der Waals surface area contributed by atoms with Crippen molar-refractivity contribution in [3.05, 3.63) is 52.4 Å². The Hall–Kier alpha value is -2.29. The van der Waals surface area contributed by atoms with Crippen molar-refractivity contribution in [1.82, 2.24) is 0 Å². The first-order chi connectivity index (χ1) is 11.0. The molecular formula is C20H18O3. The third-order valence-corrected chi connectivity index (χ3v) is 6.20. The van der Waals surface area contributed by atoms with Crippen molar-refractivity contribution in [2.24, 2.45) is 5.41 Å². The third-order valence-electron chi connectivity index (χ3n) is 6.20. The van der Waals surface area contributed by atoms with Crippen molar-refractivity contribution in [3.63, 3.8) is 0 Å². The van der Waals surface area contributed by atoms with Crippen LogP contribution in [0, 0.1) is 5.41 Å². The first kappa shape index (κ1) is 13.2. The molecule has 23 heavy (non-hydrogen) atoms. The van der Waals surface area contributed by atoms with Gasteiger partial charge in [-0.25, -0.2) is 4.79 Å². The second-order valence-electron chi connectivity index (χ2n) is 7.49. The summed E-state index contributed by atoms with van der Waals surface area (Å²) in [6.45, 7) is 2.29. The highest BCUT2D eigenvalue weighted by molar-refractivity contribution is 6.04. The first-order valence-corrected chi connectivity index (χ1v) is 8.24. The monoisotopic (exact) mass is 306 g/mol. The van der Waals surface area contributed by atoms with E-state index >= 15 is 0 Å². The lowest BCUT2D eigenvalue weighted by atomic mass is 9.33. The lowest BCUT2D eigenvalue weighted by Gasteiger charge is -2.71. The highest BCUT2D eigenvalue weighted by Gasteiger charge is 2.66. The molecule has 0 atom stereocenters. The van der Waals surface area contributed by atoms with Crippen LogP contribution in [0.3, 0.4) is 0 Å². The van der Waals surface area contributed by atoms with Crippen LogP contribution in [0.25, 0.3) is 21.7 Å². The fourth-order valence-corrected chi connectivity index (χ4v) is 4.93. The van der Waals surface area contributed by atoms with Crippen molar-refractivity contribution in [2.45, 2.75) is 38.0 Å². The molecule has 0 radical (unpaired) electrons. The molecule has 3 aliphatic rings. The van der Waals surface area contributed by atoms with Crippen molar-refractivity contribution >= 4 is 21.7 Å². The van der Waals surface area contributed by atoms with Crippen LogP contribution in [0.15, 0.2) is 45.6 Å². The lowest BCUT2D eigenvalue weighted by Crippen LogP contribution is -2.64. The summed E-state index contributed by atoms with van der Waals surface area (Å²) in [6, 6.07) is 11.2. The first-order valence-electron chi connectivity index (χ1n) is 8.24. The van der Waals surface area contributed by atoms with Crippen LogP contribution in [0.5, 0.6) is 5.75 Å². The van der Waals surface area contributed by atoms with E-state index in [0.717, 1.165) is 10.8 Å². The van der Waals surface area contributed by atoms with Gasteiger partial charge in [0.15, 0.2) is 0 Å². The van der Waals surface area contributed by atoms with Gasteiger partial charge in [-0.1, -0.05) is 19.4 Å². The fourth-order valence-electron chi connectivity index (χ4n) is 4.93. The number of fused-ring (bicyclic) bond motifs is 3. The largest absolute Gasteiger partial charge is 0.508 e. The van der Waals surface area contributed by atoms with Crippen LogP contribution >= 0.6 is 0 Å². The molecule has 3 aliphatic carbocycles. The van der Waals surface area contributed by atoms with E-state index in [0.29, 0.717) is 21.8 Å². The Morgan fingerprint density at radius 1 is 1.04 bits per heavy atom. The SMILES string of the molecule is CCC12CC(c3ccc4c(=O)oc5cc(O)ccc5c4c3)(C1)C2. The zero-order valence-electron chi connectivity index (χ0n) is 13.1. The molecule has 116 valence electrons. The van der Waals surface area contributed by atoms with Gasteiger partial charge in [-0.2, -0.15) is 0 Å². The Bertz CT molecular complexity index is 1010. The molecule has 2 bridgehead atoms. The number of phenols is 1. The molecule has 3 heteroatoms. The predicted octanol–water partition coefficient (Wildman–Crippen LogP) is 4.48. The minimum absolute atomic E-state index is 0.112. The van der Waals surface area contributed by atoms with E-state index in [4.69, 9.17) is 4.42 Å². The van der Waals surface area contributed by atoms with Crippen LogP contribution in [-0.2, 0) is 5.41 Å². The predicted molar refractivity (Wildman–Crippen MR) is 89.9 cm³/mol. The van der Waals surface area contributed by atoms with Crippen molar-refractivity contribution in [1.29, 1.82) is 0 Å². The van der Waals surface area contributed by atoms with E-state index in [1.54, 1.807) is 6.07 Å². The van der Waals surface area contributed by atoms with Crippen LogP contribution in [0.4, 0.5) is 0 Å². The molecule has 1 N–H and O–H groups in total. The van der Waals surface area contributed by atoms with Gasteiger partial charge < -0.3 is 9.52 Å². The summed E-state index contributed by atoms with van der Waals surface area (Å²) >= 11 is 0. The number of hydrogen-bond donors (Lipinski definition) is 1. The normalized spacial score (nSPS) is 28.6. The Morgan fingerprint density at radius 3 is 2.52 bits per heavy atom. The molecule has 3 nitrogen and oxygen atoms in total. The van der Waals surface area contributed by atoms with Gasteiger partial charge in [-0.05, 0) is 59.9 Å². The smallest absolute Gasteiger partial charge is 0.344 e. The molecule has 2 aromatic carbocycles. The van der Waals surface area contributed by atoms with E-state index in [9.17, 15) is 9.90 Å². The second kappa shape index (κ2) is 3.97. The van der Waals surface area contributed by atoms with Gasteiger partial charge in [-0.3, -0.25) is 0 Å². The Morgan fingerprint density at radius 2 is 1.78 bits per heavy atom. The van der Waals surface area contributed by atoms with Gasteiger partial charge in [0.05, 0.1) is 5.39 Å². The zero-order valence-corrected chi connectivity index (χ0v) is 13.1. The van der Waals surface area contributed by atoms with Gasteiger partial charge >= 0.3 is 5.63 Å². The number of benzene rings is 2. The maximum atomic E-state index is 12.2. The van der Waals surface area contributed by atoms with Gasteiger partial charge in [0.2, 0.25) is 0 Å². The second-order valence-corrected chi connectivity index (χ2v) is 7.49. The molecule has 3 saturated carbocycles. The number of rotatable bonds is 2. The van der Waals surface area contributed by atoms with Gasteiger partial charge in [0.25, 0.3) is 0 Å². The molecule has 0 aliphatic heterocycles. The van der Waals surface area contributed by atoms with E-state index in [-0.39, 0.29) is 11.4 Å². The summed E-state index contributed by atoms with van der Waals surface area (Å²) in [4.78, 5) is 12.2. The van der Waals surface area contributed by atoms with Crippen LogP contribution in [0.1, 0.15) is 38.2 Å². The Labute approximate surface area is 133 Å². The molecule has 0 spiro atoms. The molecule has 0 amide bonds. The summed E-state index contributed by atoms with van der Waals surface area (Å²) in [6.07, 6.45) is 5.11. The quantitative estimate of drug-likeness (QED) is 0.561.